The van der Waals surface area contributed by atoms with E-state index in [1.165, 1.54) is 18.2 Å². The molecule has 7 nitrogen and oxygen atoms in total. The third kappa shape index (κ3) is 4.13. The Hall–Kier alpha value is -3.48. The lowest BCUT2D eigenvalue weighted by atomic mass is 10.1. The molecule has 1 heterocycles. The zero-order valence-corrected chi connectivity index (χ0v) is 14.8. The van der Waals surface area contributed by atoms with Gasteiger partial charge in [0, 0.05) is 11.4 Å². The number of nitrogens with zero attached hydrogens (tertiary/aromatic N) is 3. The Kier molecular flexibility index (Phi) is 5.07. The van der Waals surface area contributed by atoms with Gasteiger partial charge in [-0.25, -0.2) is 4.79 Å². The van der Waals surface area contributed by atoms with Crippen LogP contribution in [0.25, 0.3) is 0 Å². The van der Waals surface area contributed by atoms with E-state index in [0.29, 0.717) is 23.0 Å². The first kappa shape index (κ1) is 17.3. The number of hydrogen-bond acceptors (Lipinski definition) is 7. The first-order chi connectivity index (χ1) is 12.5. The molecule has 0 aliphatic rings. The number of benzene rings is 2. The Morgan fingerprint density at radius 1 is 1.00 bits per heavy atom. The van der Waals surface area contributed by atoms with Crippen LogP contribution in [0, 0.1) is 13.8 Å². The highest BCUT2D eigenvalue weighted by molar-refractivity contribution is 5.90. The zero-order chi connectivity index (χ0) is 18.5. The molecule has 2 aromatic carbocycles. The molecule has 132 valence electrons. The first-order valence-electron chi connectivity index (χ1n) is 8.04. The van der Waals surface area contributed by atoms with Crippen molar-refractivity contribution in [2.75, 3.05) is 17.7 Å². The third-order valence-corrected chi connectivity index (χ3v) is 3.88. The maximum Gasteiger partial charge on any atom is 0.337 e. The molecule has 7 heteroatoms. The zero-order valence-electron chi connectivity index (χ0n) is 14.8. The molecule has 0 atom stereocenters. The van der Waals surface area contributed by atoms with Crippen LogP contribution in [0.1, 0.15) is 21.5 Å². The van der Waals surface area contributed by atoms with Crippen molar-refractivity contribution in [3.05, 3.63) is 65.4 Å². The van der Waals surface area contributed by atoms with Crippen LogP contribution >= 0.6 is 0 Å². The van der Waals surface area contributed by atoms with E-state index in [2.05, 4.69) is 39.7 Å². The van der Waals surface area contributed by atoms with Gasteiger partial charge in [0.25, 0.3) is 0 Å². The van der Waals surface area contributed by atoms with Gasteiger partial charge in [-0.1, -0.05) is 12.1 Å². The van der Waals surface area contributed by atoms with Crippen LogP contribution in [0.5, 0.6) is 0 Å². The van der Waals surface area contributed by atoms with Crippen LogP contribution in [-0.4, -0.2) is 28.3 Å². The lowest BCUT2D eigenvalue weighted by Crippen LogP contribution is -2.04. The molecule has 0 bridgehead atoms. The standard InChI is InChI=1S/C19H19N5O2/c1-12-7-8-16(9-13(12)2)21-17-11-20-24-19(23-17)22-15-6-4-5-14(10-15)18(25)26-3/h4-11H,1-3H3,(H2,21,22,23,24). The molecular weight excluding hydrogens is 330 g/mol. The van der Waals surface area contributed by atoms with Crippen molar-refractivity contribution in [3.8, 4) is 0 Å². The monoisotopic (exact) mass is 349 g/mol. The molecule has 2 N–H and O–H groups in total. The van der Waals surface area contributed by atoms with Crippen LogP contribution in [0.4, 0.5) is 23.1 Å². The summed E-state index contributed by atoms with van der Waals surface area (Å²) in [6.07, 6.45) is 1.55. The number of hydrogen-bond donors (Lipinski definition) is 2. The summed E-state index contributed by atoms with van der Waals surface area (Å²) in [5.74, 6) is 0.480. The maximum atomic E-state index is 11.6. The molecule has 26 heavy (non-hydrogen) atoms. The first-order valence-corrected chi connectivity index (χ1v) is 8.04. The maximum absolute atomic E-state index is 11.6. The van der Waals surface area contributed by atoms with Crippen LogP contribution in [0.3, 0.4) is 0 Å². The van der Waals surface area contributed by atoms with Gasteiger partial charge in [-0.3, -0.25) is 0 Å². The number of methoxy groups -OCH3 is 1. The van der Waals surface area contributed by atoms with Crippen molar-refractivity contribution in [1.29, 1.82) is 0 Å². The molecule has 3 aromatic rings. The summed E-state index contributed by atoms with van der Waals surface area (Å²) in [6.45, 7) is 4.12. The number of carbonyl (C=O) groups excluding carboxylic acids is 1. The Morgan fingerprint density at radius 2 is 1.81 bits per heavy atom. The fourth-order valence-electron chi connectivity index (χ4n) is 2.35. The summed E-state index contributed by atoms with van der Waals surface area (Å²) in [4.78, 5) is 16.0. The highest BCUT2D eigenvalue weighted by atomic mass is 16.5. The SMILES string of the molecule is COC(=O)c1cccc(Nc2nncc(Nc3ccc(C)c(C)c3)n2)c1. The minimum atomic E-state index is -0.405. The van der Waals surface area contributed by atoms with Crippen molar-refractivity contribution in [3.63, 3.8) is 0 Å². The fraction of sp³-hybridized carbons (Fsp3) is 0.158. The fourth-order valence-corrected chi connectivity index (χ4v) is 2.35. The minimum Gasteiger partial charge on any atom is -0.465 e. The second-order valence-electron chi connectivity index (χ2n) is 5.79. The summed E-state index contributed by atoms with van der Waals surface area (Å²) in [7, 11) is 1.34. The summed E-state index contributed by atoms with van der Waals surface area (Å²) < 4.78 is 4.72. The van der Waals surface area contributed by atoms with Gasteiger partial charge in [0.15, 0.2) is 5.82 Å². The summed E-state index contributed by atoms with van der Waals surface area (Å²) >= 11 is 0. The van der Waals surface area contributed by atoms with Crippen LogP contribution in [0.15, 0.2) is 48.7 Å². The highest BCUT2D eigenvalue weighted by Crippen LogP contribution is 2.20. The molecule has 0 saturated heterocycles. The van der Waals surface area contributed by atoms with Crippen molar-refractivity contribution in [2.24, 2.45) is 0 Å². The van der Waals surface area contributed by atoms with Crippen LogP contribution in [0.2, 0.25) is 0 Å². The predicted molar refractivity (Wildman–Crippen MR) is 100 cm³/mol. The average Bonchev–Trinajstić information content (AvgIpc) is 2.64. The summed E-state index contributed by atoms with van der Waals surface area (Å²) in [6, 6.07) is 13.0. The van der Waals surface area contributed by atoms with Crippen molar-refractivity contribution in [2.45, 2.75) is 13.8 Å². The minimum absolute atomic E-state index is 0.320. The lowest BCUT2D eigenvalue weighted by Gasteiger charge is -2.09. The smallest absolute Gasteiger partial charge is 0.337 e. The Labute approximate surface area is 151 Å². The number of ether oxygens (including phenoxy) is 1. The van der Waals surface area contributed by atoms with Gasteiger partial charge in [-0.05, 0) is 55.3 Å². The van der Waals surface area contributed by atoms with Gasteiger partial charge < -0.3 is 15.4 Å². The second kappa shape index (κ2) is 7.60. The molecule has 0 radical (unpaired) electrons. The number of aromatic nitrogens is 3. The van der Waals surface area contributed by atoms with Crippen molar-refractivity contribution in [1.82, 2.24) is 15.2 Å². The summed E-state index contributed by atoms with van der Waals surface area (Å²) in [5.41, 5.74) is 4.44. The van der Waals surface area contributed by atoms with Gasteiger partial charge in [0.05, 0.1) is 18.9 Å². The van der Waals surface area contributed by atoms with E-state index in [0.717, 1.165) is 5.69 Å². The number of nitrogens with one attached hydrogen (secondary N) is 2. The molecule has 0 saturated carbocycles. The van der Waals surface area contributed by atoms with E-state index in [9.17, 15) is 4.79 Å². The number of rotatable bonds is 5. The van der Waals surface area contributed by atoms with Crippen LogP contribution in [-0.2, 0) is 4.74 Å². The quantitative estimate of drug-likeness (QED) is 0.678. The Balaban J connectivity index is 1.77. The summed E-state index contributed by atoms with van der Waals surface area (Å²) in [5, 5.41) is 14.2. The average molecular weight is 349 g/mol. The molecule has 0 fully saturated rings. The number of anilines is 4. The molecule has 0 unspecified atom stereocenters. The number of aryl methyl sites for hydroxylation is 2. The predicted octanol–water partition coefficient (Wildman–Crippen LogP) is 3.76. The van der Waals surface area contributed by atoms with Gasteiger partial charge in [0.2, 0.25) is 5.95 Å². The Bertz CT molecular complexity index is 943. The lowest BCUT2D eigenvalue weighted by molar-refractivity contribution is 0.0601. The number of carbonyl (C=O) groups is 1. The normalized spacial score (nSPS) is 10.3. The van der Waals surface area contributed by atoms with E-state index in [1.807, 2.05) is 18.2 Å². The van der Waals surface area contributed by atoms with Gasteiger partial charge in [0.1, 0.15) is 0 Å². The molecule has 0 aliphatic heterocycles. The van der Waals surface area contributed by atoms with E-state index in [4.69, 9.17) is 4.74 Å². The molecule has 3 rings (SSSR count). The van der Waals surface area contributed by atoms with Gasteiger partial charge in [-0.2, -0.15) is 10.1 Å². The number of esters is 1. The Morgan fingerprint density at radius 3 is 2.58 bits per heavy atom. The molecular formula is C19H19N5O2. The van der Waals surface area contributed by atoms with Crippen LogP contribution < -0.4 is 10.6 Å². The molecule has 0 aliphatic carbocycles. The molecule has 0 amide bonds. The van der Waals surface area contributed by atoms with Gasteiger partial charge >= 0.3 is 5.97 Å². The second-order valence-corrected chi connectivity index (χ2v) is 5.79. The largest absolute Gasteiger partial charge is 0.465 e. The van der Waals surface area contributed by atoms with Crippen molar-refractivity contribution >= 4 is 29.1 Å². The molecule has 1 aromatic heterocycles. The van der Waals surface area contributed by atoms with E-state index in [-0.39, 0.29) is 0 Å². The van der Waals surface area contributed by atoms with E-state index in [1.54, 1.807) is 30.5 Å². The van der Waals surface area contributed by atoms with E-state index < -0.39 is 5.97 Å². The van der Waals surface area contributed by atoms with Gasteiger partial charge in [-0.15, -0.1) is 5.10 Å². The highest BCUT2D eigenvalue weighted by Gasteiger charge is 2.07. The third-order valence-electron chi connectivity index (χ3n) is 3.88. The molecule has 0 spiro atoms. The topological polar surface area (TPSA) is 89.0 Å². The van der Waals surface area contributed by atoms with E-state index >= 15 is 0 Å². The van der Waals surface area contributed by atoms with Crippen molar-refractivity contribution < 1.29 is 9.53 Å².